The van der Waals surface area contributed by atoms with Crippen LogP contribution in [0.15, 0.2) is 10.8 Å². The highest BCUT2D eigenvalue weighted by Crippen LogP contribution is 2.15. The summed E-state index contributed by atoms with van der Waals surface area (Å²) in [4.78, 5) is 17.4. The molecule has 1 N–H and O–H groups in total. The van der Waals surface area contributed by atoms with Gasteiger partial charge in [0.15, 0.2) is 6.39 Å². The van der Waals surface area contributed by atoms with Crippen molar-refractivity contribution >= 4 is 5.91 Å². The number of rotatable bonds is 1. The molecule has 0 saturated carbocycles. The molecule has 1 atom stereocenters. The van der Waals surface area contributed by atoms with E-state index in [2.05, 4.69) is 4.98 Å². The lowest BCUT2D eigenvalue weighted by atomic mass is 10.1. The molecule has 0 spiro atoms. The maximum Gasteiger partial charge on any atom is 0.291 e. The SMILES string of the molecule is Cc1ncoc1C(=O)N1CCCC(O)C1. The Morgan fingerprint density at radius 2 is 2.53 bits per heavy atom. The van der Waals surface area contributed by atoms with Crippen LogP contribution in [-0.4, -0.2) is 40.1 Å². The zero-order valence-electron chi connectivity index (χ0n) is 8.64. The van der Waals surface area contributed by atoms with Gasteiger partial charge in [-0.1, -0.05) is 0 Å². The Morgan fingerprint density at radius 1 is 1.73 bits per heavy atom. The Kier molecular flexibility index (Phi) is 2.73. The van der Waals surface area contributed by atoms with Gasteiger partial charge in [0.1, 0.15) is 0 Å². The summed E-state index contributed by atoms with van der Waals surface area (Å²) in [7, 11) is 0. The van der Waals surface area contributed by atoms with Crippen molar-refractivity contribution in [2.24, 2.45) is 0 Å². The van der Waals surface area contributed by atoms with Crippen LogP contribution in [0.5, 0.6) is 0 Å². The van der Waals surface area contributed by atoms with Gasteiger partial charge in [-0.25, -0.2) is 4.98 Å². The van der Waals surface area contributed by atoms with E-state index in [9.17, 15) is 9.90 Å². The second-order valence-electron chi connectivity index (χ2n) is 3.81. The largest absolute Gasteiger partial charge is 0.438 e. The molecule has 0 radical (unpaired) electrons. The third kappa shape index (κ3) is 2.02. The van der Waals surface area contributed by atoms with Gasteiger partial charge < -0.3 is 14.4 Å². The predicted octanol–water partition coefficient (Wildman–Crippen LogP) is 0.580. The Bertz CT molecular complexity index is 361. The fourth-order valence-electron chi connectivity index (χ4n) is 1.79. The average molecular weight is 210 g/mol. The zero-order chi connectivity index (χ0) is 10.8. The number of oxazole rings is 1. The third-order valence-electron chi connectivity index (χ3n) is 2.62. The van der Waals surface area contributed by atoms with Gasteiger partial charge in [0, 0.05) is 13.1 Å². The first-order valence-electron chi connectivity index (χ1n) is 5.06. The fraction of sp³-hybridized carbons (Fsp3) is 0.600. The monoisotopic (exact) mass is 210 g/mol. The Hall–Kier alpha value is -1.36. The molecule has 1 amide bonds. The van der Waals surface area contributed by atoms with Crippen LogP contribution in [0.25, 0.3) is 0 Å². The molecule has 82 valence electrons. The number of likely N-dealkylation sites (tertiary alicyclic amines) is 1. The van der Waals surface area contributed by atoms with Gasteiger partial charge in [-0.05, 0) is 19.8 Å². The molecule has 1 aliphatic rings. The van der Waals surface area contributed by atoms with Crippen molar-refractivity contribution in [2.45, 2.75) is 25.9 Å². The molecule has 0 aliphatic carbocycles. The molecular weight excluding hydrogens is 196 g/mol. The molecule has 15 heavy (non-hydrogen) atoms. The van der Waals surface area contributed by atoms with E-state index < -0.39 is 6.10 Å². The second-order valence-corrected chi connectivity index (χ2v) is 3.81. The summed E-state index contributed by atoms with van der Waals surface area (Å²) in [5.74, 6) is 0.104. The molecule has 1 unspecified atom stereocenters. The number of carbonyl (C=O) groups is 1. The Balaban J connectivity index is 2.11. The Morgan fingerprint density at radius 3 is 3.13 bits per heavy atom. The number of nitrogens with zero attached hydrogens (tertiary/aromatic N) is 2. The van der Waals surface area contributed by atoms with Crippen molar-refractivity contribution in [3.63, 3.8) is 0 Å². The summed E-state index contributed by atoms with van der Waals surface area (Å²) >= 11 is 0. The minimum Gasteiger partial charge on any atom is -0.438 e. The van der Waals surface area contributed by atoms with E-state index in [-0.39, 0.29) is 11.7 Å². The van der Waals surface area contributed by atoms with Crippen LogP contribution in [0.1, 0.15) is 29.1 Å². The molecule has 0 aromatic carbocycles. The lowest BCUT2D eigenvalue weighted by molar-refractivity contribution is 0.0447. The number of aliphatic hydroxyl groups excluding tert-OH is 1. The number of β-amino-alcohol motifs (C(OH)–C–C–N with tert-alkyl or cyclic N) is 1. The van der Waals surface area contributed by atoms with Gasteiger partial charge in [-0.15, -0.1) is 0 Å². The lowest BCUT2D eigenvalue weighted by Crippen LogP contribution is -2.42. The topological polar surface area (TPSA) is 66.6 Å². The first-order chi connectivity index (χ1) is 7.18. The summed E-state index contributed by atoms with van der Waals surface area (Å²) in [5.41, 5.74) is 0.597. The van der Waals surface area contributed by atoms with E-state index in [0.29, 0.717) is 18.8 Å². The van der Waals surface area contributed by atoms with E-state index in [1.807, 2.05) is 0 Å². The second kappa shape index (κ2) is 4.02. The maximum absolute atomic E-state index is 11.9. The molecule has 0 bridgehead atoms. The van der Waals surface area contributed by atoms with Crippen LogP contribution in [-0.2, 0) is 0 Å². The van der Waals surface area contributed by atoms with Crippen molar-refractivity contribution in [1.82, 2.24) is 9.88 Å². The van der Waals surface area contributed by atoms with E-state index in [1.165, 1.54) is 6.39 Å². The number of hydrogen-bond acceptors (Lipinski definition) is 4. The standard InChI is InChI=1S/C10H14N2O3/c1-7-9(15-6-11-7)10(14)12-4-2-3-8(13)5-12/h6,8,13H,2-5H2,1H3. The van der Waals surface area contributed by atoms with Gasteiger partial charge >= 0.3 is 0 Å². The van der Waals surface area contributed by atoms with Gasteiger partial charge in [0.25, 0.3) is 5.91 Å². The molecule has 1 aromatic rings. The highest BCUT2D eigenvalue weighted by molar-refractivity contribution is 5.92. The highest BCUT2D eigenvalue weighted by atomic mass is 16.3. The smallest absolute Gasteiger partial charge is 0.291 e. The van der Waals surface area contributed by atoms with Crippen LogP contribution in [0.4, 0.5) is 0 Å². The number of carbonyl (C=O) groups excluding carboxylic acids is 1. The first-order valence-corrected chi connectivity index (χ1v) is 5.06. The summed E-state index contributed by atoms with van der Waals surface area (Å²) in [5, 5.41) is 9.46. The van der Waals surface area contributed by atoms with Crippen molar-refractivity contribution < 1.29 is 14.3 Å². The van der Waals surface area contributed by atoms with Crippen molar-refractivity contribution in [1.29, 1.82) is 0 Å². The normalized spacial score (nSPS) is 21.7. The van der Waals surface area contributed by atoms with Gasteiger partial charge in [-0.2, -0.15) is 0 Å². The van der Waals surface area contributed by atoms with Crippen molar-refractivity contribution in [2.75, 3.05) is 13.1 Å². The zero-order valence-corrected chi connectivity index (χ0v) is 8.64. The molecule has 1 aromatic heterocycles. The number of amides is 1. The van der Waals surface area contributed by atoms with Gasteiger partial charge in [0.2, 0.25) is 5.76 Å². The maximum atomic E-state index is 11.9. The highest BCUT2D eigenvalue weighted by Gasteiger charge is 2.26. The number of aryl methyl sites for hydroxylation is 1. The quantitative estimate of drug-likeness (QED) is 0.736. The number of aliphatic hydroxyl groups is 1. The van der Waals surface area contributed by atoms with Crippen LogP contribution in [0.2, 0.25) is 0 Å². The minimum atomic E-state index is -0.411. The Labute approximate surface area is 87.7 Å². The molecule has 1 aliphatic heterocycles. The third-order valence-corrected chi connectivity index (χ3v) is 2.62. The first kappa shape index (κ1) is 10.2. The molecule has 2 heterocycles. The van der Waals surface area contributed by atoms with E-state index in [1.54, 1.807) is 11.8 Å². The number of aromatic nitrogens is 1. The van der Waals surface area contributed by atoms with E-state index in [4.69, 9.17) is 4.42 Å². The summed E-state index contributed by atoms with van der Waals surface area (Å²) in [6.45, 7) is 2.80. The molecule has 5 nitrogen and oxygen atoms in total. The molecule has 1 fully saturated rings. The van der Waals surface area contributed by atoms with Crippen LogP contribution in [0.3, 0.4) is 0 Å². The number of hydrogen-bond donors (Lipinski definition) is 1. The van der Waals surface area contributed by atoms with Crippen molar-refractivity contribution in [3.05, 3.63) is 17.8 Å². The van der Waals surface area contributed by atoms with Crippen molar-refractivity contribution in [3.8, 4) is 0 Å². The summed E-state index contributed by atoms with van der Waals surface area (Å²) in [6.07, 6.45) is 2.45. The van der Waals surface area contributed by atoms with E-state index >= 15 is 0 Å². The molecule has 5 heteroatoms. The van der Waals surface area contributed by atoms with Gasteiger partial charge in [-0.3, -0.25) is 4.79 Å². The molecule has 2 rings (SSSR count). The summed E-state index contributed by atoms with van der Waals surface area (Å²) < 4.78 is 5.03. The van der Waals surface area contributed by atoms with Crippen LogP contribution < -0.4 is 0 Å². The van der Waals surface area contributed by atoms with E-state index in [0.717, 1.165) is 12.8 Å². The van der Waals surface area contributed by atoms with Gasteiger partial charge in [0.05, 0.1) is 11.8 Å². The molecular formula is C10H14N2O3. The fourth-order valence-corrected chi connectivity index (χ4v) is 1.79. The minimum absolute atomic E-state index is 0.177. The van der Waals surface area contributed by atoms with Crippen LogP contribution in [0, 0.1) is 6.92 Å². The predicted molar refractivity (Wildman–Crippen MR) is 52.4 cm³/mol. The number of piperidine rings is 1. The average Bonchev–Trinajstić information content (AvgIpc) is 2.63. The van der Waals surface area contributed by atoms with Crippen LogP contribution >= 0.6 is 0 Å². The molecule has 1 saturated heterocycles. The lowest BCUT2D eigenvalue weighted by Gasteiger charge is -2.29. The summed E-state index contributed by atoms with van der Waals surface area (Å²) in [6, 6.07) is 0.